The Morgan fingerprint density at radius 1 is 0.842 bits per heavy atom. The van der Waals surface area contributed by atoms with Crippen molar-refractivity contribution in [1.29, 1.82) is 0 Å². The van der Waals surface area contributed by atoms with E-state index in [1.807, 2.05) is 96.5 Å². The first-order valence-electron chi connectivity index (χ1n) is 13.0. The number of aromatic nitrogens is 2. The fourth-order valence-electron chi connectivity index (χ4n) is 4.33. The Balaban J connectivity index is 1.59. The normalized spacial score (nSPS) is 12.1. The summed E-state index contributed by atoms with van der Waals surface area (Å²) in [6, 6.07) is 27.0. The molecule has 1 atom stereocenters. The molecule has 0 spiro atoms. The van der Waals surface area contributed by atoms with Crippen LogP contribution < -0.4 is 14.2 Å². The maximum Gasteiger partial charge on any atom is 0.227 e. The SMILES string of the molecule is COc1ccc(Oc2c(CN(CC(C)C)C[C@@H](O)COc3ccccc3)c(C)nn2-c2ccccc2)cc1. The minimum absolute atomic E-state index is 0.218. The third-order valence-electron chi connectivity index (χ3n) is 6.07. The minimum atomic E-state index is -0.649. The van der Waals surface area contributed by atoms with Gasteiger partial charge in [0.05, 0.1) is 24.1 Å². The van der Waals surface area contributed by atoms with Crippen LogP contribution >= 0.6 is 0 Å². The molecule has 0 fully saturated rings. The highest BCUT2D eigenvalue weighted by Gasteiger charge is 2.23. The van der Waals surface area contributed by atoms with Gasteiger partial charge in [-0.1, -0.05) is 50.2 Å². The van der Waals surface area contributed by atoms with Crippen LogP contribution in [-0.2, 0) is 6.54 Å². The molecule has 3 aromatic carbocycles. The van der Waals surface area contributed by atoms with Gasteiger partial charge < -0.3 is 19.3 Å². The number of ether oxygens (including phenoxy) is 3. The Labute approximate surface area is 225 Å². The lowest BCUT2D eigenvalue weighted by molar-refractivity contribution is 0.0612. The van der Waals surface area contributed by atoms with Crippen molar-refractivity contribution in [2.45, 2.75) is 33.4 Å². The highest BCUT2D eigenvalue weighted by molar-refractivity contribution is 5.44. The molecule has 0 aliphatic rings. The van der Waals surface area contributed by atoms with E-state index in [0.717, 1.165) is 35.0 Å². The van der Waals surface area contributed by atoms with Gasteiger partial charge in [-0.3, -0.25) is 4.90 Å². The number of benzene rings is 3. The number of rotatable bonds is 13. The molecule has 200 valence electrons. The summed E-state index contributed by atoms with van der Waals surface area (Å²) in [6.07, 6.45) is -0.649. The first-order chi connectivity index (χ1) is 18.4. The molecule has 38 heavy (non-hydrogen) atoms. The quantitative estimate of drug-likeness (QED) is 0.240. The van der Waals surface area contributed by atoms with Crippen LogP contribution in [0.5, 0.6) is 23.1 Å². The molecule has 0 saturated carbocycles. The summed E-state index contributed by atoms with van der Waals surface area (Å²) in [6.45, 7) is 8.41. The maximum atomic E-state index is 10.8. The minimum Gasteiger partial charge on any atom is -0.497 e. The molecule has 1 heterocycles. The molecule has 0 unspecified atom stereocenters. The van der Waals surface area contributed by atoms with Crippen molar-refractivity contribution in [2.24, 2.45) is 5.92 Å². The van der Waals surface area contributed by atoms with Gasteiger partial charge in [0.15, 0.2) is 0 Å². The Morgan fingerprint density at radius 3 is 2.11 bits per heavy atom. The average molecular weight is 516 g/mol. The topological polar surface area (TPSA) is 69.0 Å². The lowest BCUT2D eigenvalue weighted by Crippen LogP contribution is -2.37. The molecule has 4 aromatic rings. The van der Waals surface area contributed by atoms with E-state index in [4.69, 9.17) is 19.3 Å². The van der Waals surface area contributed by atoms with Gasteiger partial charge in [0.25, 0.3) is 0 Å². The van der Waals surface area contributed by atoms with Crippen LogP contribution in [0.15, 0.2) is 84.9 Å². The summed E-state index contributed by atoms with van der Waals surface area (Å²) in [5.74, 6) is 3.27. The second-order valence-electron chi connectivity index (χ2n) is 9.76. The van der Waals surface area contributed by atoms with Gasteiger partial charge in [-0.2, -0.15) is 5.10 Å². The number of aryl methyl sites for hydroxylation is 1. The lowest BCUT2D eigenvalue weighted by Gasteiger charge is -2.27. The highest BCUT2D eigenvalue weighted by atomic mass is 16.5. The smallest absolute Gasteiger partial charge is 0.227 e. The van der Waals surface area contributed by atoms with Crippen LogP contribution in [0.3, 0.4) is 0 Å². The molecule has 0 saturated heterocycles. The molecule has 0 amide bonds. The lowest BCUT2D eigenvalue weighted by atomic mass is 10.1. The van der Waals surface area contributed by atoms with Crippen molar-refractivity contribution >= 4 is 0 Å². The van der Waals surface area contributed by atoms with E-state index < -0.39 is 6.10 Å². The molecule has 1 aromatic heterocycles. The van der Waals surface area contributed by atoms with Gasteiger partial charge >= 0.3 is 0 Å². The average Bonchev–Trinajstić information content (AvgIpc) is 3.23. The largest absolute Gasteiger partial charge is 0.497 e. The van der Waals surface area contributed by atoms with E-state index in [1.165, 1.54) is 0 Å². The van der Waals surface area contributed by atoms with E-state index in [1.54, 1.807) is 7.11 Å². The standard InChI is InChI=1S/C31H37N3O4/c1-23(2)19-33(20-26(35)22-37-28-13-9-6-10-14-28)21-30-24(3)32-34(25-11-7-5-8-12-25)31(30)38-29-17-15-27(36-4)16-18-29/h5-18,23,26,35H,19-22H2,1-4H3/t26-/m1/s1. The van der Waals surface area contributed by atoms with E-state index >= 15 is 0 Å². The van der Waals surface area contributed by atoms with Crippen LogP contribution in [0, 0.1) is 12.8 Å². The van der Waals surface area contributed by atoms with Crippen LogP contribution in [-0.4, -0.2) is 52.7 Å². The van der Waals surface area contributed by atoms with Gasteiger partial charge in [0, 0.05) is 19.6 Å². The van der Waals surface area contributed by atoms with Crippen molar-refractivity contribution in [1.82, 2.24) is 14.7 Å². The van der Waals surface area contributed by atoms with Crippen LogP contribution in [0.2, 0.25) is 0 Å². The van der Waals surface area contributed by atoms with E-state index in [2.05, 4.69) is 18.7 Å². The first kappa shape index (κ1) is 27.2. The number of hydrogen-bond donors (Lipinski definition) is 1. The van der Waals surface area contributed by atoms with Crippen molar-refractivity contribution < 1.29 is 19.3 Å². The van der Waals surface area contributed by atoms with Gasteiger partial charge in [-0.05, 0) is 61.4 Å². The monoisotopic (exact) mass is 515 g/mol. The number of nitrogens with zero attached hydrogens (tertiary/aromatic N) is 3. The molecular formula is C31H37N3O4. The van der Waals surface area contributed by atoms with E-state index in [9.17, 15) is 5.11 Å². The molecule has 0 bridgehead atoms. The molecule has 7 heteroatoms. The Hall–Kier alpha value is -3.81. The highest BCUT2D eigenvalue weighted by Crippen LogP contribution is 2.32. The third kappa shape index (κ3) is 7.37. The van der Waals surface area contributed by atoms with Crippen LogP contribution in [0.25, 0.3) is 5.69 Å². The third-order valence-corrected chi connectivity index (χ3v) is 6.07. The molecule has 0 aliphatic heterocycles. The summed E-state index contributed by atoms with van der Waals surface area (Å²) in [5.41, 5.74) is 2.76. The predicted molar refractivity (Wildman–Crippen MR) is 149 cm³/mol. The van der Waals surface area contributed by atoms with Gasteiger partial charge in [0.2, 0.25) is 5.88 Å². The molecule has 0 radical (unpaired) electrons. The number of hydrogen-bond acceptors (Lipinski definition) is 6. The van der Waals surface area contributed by atoms with E-state index in [-0.39, 0.29) is 6.61 Å². The number of aliphatic hydroxyl groups excluding tert-OH is 1. The number of aliphatic hydroxyl groups is 1. The van der Waals surface area contributed by atoms with Crippen molar-refractivity contribution in [2.75, 3.05) is 26.8 Å². The molecule has 1 N–H and O–H groups in total. The van der Waals surface area contributed by atoms with E-state index in [0.29, 0.717) is 30.6 Å². The number of para-hydroxylation sites is 2. The zero-order valence-electron chi connectivity index (χ0n) is 22.6. The van der Waals surface area contributed by atoms with Gasteiger partial charge in [-0.25, -0.2) is 4.68 Å². The Morgan fingerprint density at radius 2 is 1.47 bits per heavy atom. The zero-order valence-corrected chi connectivity index (χ0v) is 22.6. The summed E-state index contributed by atoms with van der Waals surface area (Å²) in [5, 5.41) is 15.7. The molecular weight excluding hydrogens is 478 g/mol. The first-order valence-corrected chi connectivity index (χ1v) is 13.0. The summed E-state index contributed by atoms with van der Waals surface area (Å²) >= 11 is 0. The second kappa shape index (κ2) is 13.1. The molecule has 4 rings (SSSR count). The fraction of sp³-hybridized carbons (Fsp3) is 0.323. The van der Waals surface area contributed by atoms with Gasteiger partial charge in [-0.15, -0.1) is 0 Å². The summed E-state index contributed by atoms with van der Waals surface area (Å²) < 4.78 is 19.4. The molecule has 0 aliphatic carbocycles. The second-order valence-corrected chi connectivity index (χ2v) is 9.76. The van der Waals surface area contributed by atoms with Crippen molar-refractivity contribution in [3.8, 4) is 28.8 Å². The maximum absolute atomic E-state index is 10.8. The molecule has 7 nitrogen and oxygen atoms in total. The zero-order chi connectivity index (χ0) is 26.9. The number of methoxy groups -OCH3 is 1. The van der Waals surface area contributed by atoms with Gasteiger partial charge in [0.1, 0.15) is 30.0 Å². The predicted octanol–water partition coefficient (Wildman–Crippen LogP) is 5.88. The van der Waals surface area contributed by atoms with Crippen molar-refractivity contribution in [3.63, 3.8) is 0 Å². The van der Waals surface area contributed by atoms with Crippen LogP contribution in [0.1, 0.15) is 25.1 Å². The summed E-state index contributed by atoms with van der Waals surface area (Å²) in [7, 11) is 1.64. The Kier molecular flexibility index (Phi) is 9.40. The van der Waals surface area contributed by atoms with Crippen molar-refractivity contribution in [3.05, 3.63) is 96.2 Å². The fourth-order valence-corrected chi connectivity index (χ4v) is 4.33. The van der Waals surface area contributed by atoms with Crippen LogP contribution in [0.4, 0.5) is 0 Å². The summed E-state index contributed by atoms with van der Waals surface area (Å²) in [4.78, 5) is 2.24. The Bertz CT molecular complexity index is 1260.